The number of rotatable bonds is 1. The number of nitrogens with zero attached hydrogens (tertiary/aromatic N) is 2. The van der Waals surface area contributed by atoms with Crippen LogP contribution in [0.4, 0.5) is 0 Å². The summed E-state index contributed by atoms with van der Waals surface area (Å²) >= 11 is 0. The van der Waals surface area contributed by atoms with E-state index in [1.54, 1.807) is 11.7 Å². The fraction of sp³-hybridized carbons (Fsp3) is 0.625. The van der Waals surface area contributed by atoms with Crippen LogP contribution in [0.5, 0.6) is 0 Å². The summed E-state index contributed by atoms with van der Waals surface area (Å²) in [5.41, 5.74) is 1.83. The van der Waals surface area contributed by atoms with Gasteiger partial charge in [-0.15, -0.1) is 0 Å². The highest BCUT2D eigenvalue weighted by Gasteiger charge is 2.25. The predicted molar refractivity (Wildman–Crippen MR) is 51.2 cm³/mol. The maximum absolute atomic E-state index is 11.2. The third-order valence-electron chi connectivity index (χ3n) is 2.60. The first-order valence-corrected chi connectivity index (χ1v) is 6.12. The highest BCUT2D eigenvalue weighted by molar-refractivity contribution is 7.89. The maximum atomic E-state index is 11.2. The van der Waals surface area contributed by atoms with Crippen LogP contribution in [-0.2, 0) is 29.9 Å². The van der Waals surface area contributed by atoms with Gasteiger partial charge in [-0.25, -0.2) is 13.6 Å². The van der Waals surface area contributed by atoms with E-state index in [0.29, 0.717) is 0 Å². The van der Waals surface area contributed by atoms with Gasteiger partial charge in [-0.2, -0.15) is 5.10 Å². The van der Waals surface area contributed by atoms with E-state index in [1.165, 1.54) is 0 Å². The zero-order valence-electron chi connectivity index (χ0n) is 8.02. The molecule has 0 fully saturated rings. The lowest BCUT2D eigenvalue weighted by atomic mass is 9.98. The van der Waals surface area contributed by atoms with Crippen molar-refractivity contribution < 1.29 is 8.42 Å². The van der Waals surface area contributed by atoms with Gasteiger partial charge in [0.15, 0.2) is 5.03 Å². The van der Waals surface area contributed by atoms with Crippen LogP contribution >= 0.6 is 0 Å². The van der Waals surface area contributed by atoms with Crippen LogP contribution in [0.25, 0.3) is 0 Å². The first-order valence-electron chi connectivity index (χ1n) is 4.57. The normalized spacial score (nSPS) is 16.7. The zero-order chi connectivity index (χ0) is 10.3. The number of sulfonamides is 1. The predicted octanol–water partition coefficient (Wildman–Crippen LogP) is -0.0537. The zero-order valence-corrected chi connectivity index (χ0v) is 8.84. The van der Waals surface area contributed by atoms with Gasteiger partial charge < -0.3 is 0 Å². The largest absolute Gasteiger partial charge is 0.271 e. The lowest BCUT2D eigenvalue weighted by Crippen LogP contribution is -2.15. The molecule has 5 nitrogen and oxygen atoms in total. The third-order valence-corrected chi connectivity index (χ3v) is 3.46. The summed E-state index contributed by atoms with van der Waals surface area (Å²) in [5.74, 6) is 0. The molecule has 0 amide bonds. The van der Waals surface area contributed by atoms with Gasteiger partial charge in [-0.05, 0) is 25.7 Å². The quantitative estimate of drug-likeness (QED) is 0.713. The number of primary sulfonamides is 1. The highest BCUT2D eigenvalue weighted by atomic mass is 32.2. The van der Waals surface area contributed by atoms with E-state index in [0.717, 1.165) is 36.9 Å². The molecule has 78 valence electrons. The van der Waals surface area contributed by atoms with Crippen molar-refractivity contribution in [2.24, 2.45) is 12.2 Å². The first kappa shape index (κ1) is 9.67. The molecule has 0 saturated heterocycles. The van der Waals surface area contributed by atoms with Crippen molar-refractivity contribution in [3.05, 3.63) is 11.3 Å². The molecule has 0 atom stereocenters. The van der Waals surface area contributed by atoms with Gasteiger partial charge in [0.2, 0.25) is 0 Å². The summed E-state index contributed by atoms with van der Waals surface area (Å²) < 4.78 is 24.1. The van der Waals surface area contributed by atoms with Gasteiger partial charge in [0.1, 0.15) is 0 Å². The minimum atomic E-state index is -3.66. The number of hydrogen-bond donors (Lipinski definition) is 1. The summed E-state index contributed by atoms with van der Waals surface area (Å²) in [6.45, 7) is 0. The van der Waals surface area contributed by atoms with Crippen LogP contribution in [0.15, 0.2) is 5.03 Å². The Labute approximate surface area is 83.0 Å². The highest BCUT2D eigenvalue weighted by Crippen LogP contribution is 2.25. The molecule has 0 aromatic carbocycles. The van der Waals surface area contributed by atoms with E-state index >= 15 is 0 Å². The Morgan fingerprint density at radius 3 is 2.64 bits per heavy atom. The van der Waals surface area contributed by atoms with Gasteiger partial charge in [0.25, 0.3) is 10.0 Å². The van der Waals surface area contributed by atoms with Crippen molar-refractivity contribution in [2.75, 3.05) is 0 Å². The van der Waals surface area contributed by atoms with Crippen molar-refractivity contribution in [3.8, 4) is 0 Å². The summed E-state index contributed by atoms with van der Waals surface area (Å²) in [4.78, 5) is 0. The summed E-state index contributed by atoms with van der Waals surface area (Å²) in [6.07, 6.45) is 3.78. The van der Waals surface area contributed by atoms with Gasteiger partial charge >= 0.3 is 0 Å². The Hall–Kier alpha value is -0.880. The SMILES string of the molecule is Cn1nc(S(N)(=O)=O)c2c1CCCC2. The van der Waals surface area contributed by atoms with E-state index < -0.39 is 10.0 Å². The monoisotopic (exact) mass is 215 g/mol. The van der Waals surface area contributed by atoms with E-state index in [1.807, 2.05) is 0 Å². The molecule has 0 bridgehead atoms. The smallest absolute Gasteiger partial charge is 0.257 e. The second kappa shape index (κ2) is 3.06. The average molecular weight is 215 g/mol. The minimum absolute atomic E-state index is 0.0645. The minimum Gasteiger partial charge on any atom is -0.271 e. The van der Waals surface area contributed by atoms with Crippen molar-refractivity contribution in [1.82, 2.24) is 9.78 Å². The molecule has 0 spiro atoms. The number of hydrogen-bond acceptors (Lipinski definition) is 3. The molecule has 2 N–H and O–H groups in total. The molecule has 0 saturated carbocycles. The van der Waals surface area contributed by atoms with Crippen LogP contribution < -0.4 is 5.14 Å². The molecule has 1 aromatic heterocycles. The average Bonchev–Trinajstić information content (AvgIpc) is 2.44. The Morgan fingerprint density at radius 2 is 2.00 bits per heavy atom. The van der Waals surface area contributed by atoms with Crippen LogP contribution in [0.3, 0.4) is 0 Å². The van der Waals surface area contributed by atoms with Gasteiger partial charge in [-0.1, -0.05) is 0 Å². The lowest BCUT2D eigenvalue weighted by molar-refractivity contribution is 0.588. The molecule has 6 heteroatoms. The van der Waals surface area contributed by atoms with Gasteiger partial charge in [-0.3, -0.25) is 4.68 Å². The van der Waals surface area contributed by atoms with Crippen LogP contribution in [0, 0.1) is 0 Å². The van der Waals surface area contributed by atoms with Crippen molar-refractivity contribution in [1.29, 1.82) is 0 Å². The van der Waals surface area contributed by atoms with E-state index in [4.69, 9.17) is 5.14 Å². The molecule has 2 rings (SSSR count). The number of fused-ring (bicyclic) bond motifs is 1. The van der Waals surface area contributed by atoms with Crippen molar-refractivity contribution >= 4 is 10.0 Å². The summed E-state index contributed by atoms with van der Waals surface area (Å²) in [6, 6.07) is 0. The lowest BCUT2D eigenvalue weighted by Gasteiger charge is -2.11. The molecule has 1 aromatic rings. The Morgan fingerprint density at radius 1 is 1.36 bits per heavy atom. The van der Waals surface area contributed by atoms with Gasteiger partial charge in [0.05, 0.1) is 0 Å². The number of aryl methyl sites for hydroxylation is 1. The molecular formula is C8H13N3O2S. The van der Waals surface area contributed by atoms with E-state index in [2.05, 4.69) is 5.10 Å². The topological polar surface area (TPSA) is 78.0 Å². The summed E-state index contributed by atoms with van der Waals surface area (Å²) in [7, 11) is -1.89. The Balaban J connectivity index is 2.64. The second-order valence-corrected chi connectivity index (χ2v) is 5.08. The molecule has 0 radical (unpaired) electrons. The fourth-order valence-corrected chi connectivity index (χ4v) is 2.76. The molecule has 0 unspecified atom stereocenters. The Kier molecular flexibility index (Phi) is 2.11. The second-order valence-electron chi connectivity index (χ2n) is 3.61. The van der Waals surface area contributed by atoms with Crippen LogP contribution in [0.2, 0.25) is 0 Å². The molecule has 1 aliphatic rings. The van der Waals surface area contributed by atoms with E-state index in [-0.39, 0.29) is 5.03 Å². The Bertz CT molecular complexity index is 461. The molecule has 1 aliphatic carbocycles. The number of aromatic nitrogens is 2. The molecule has 1 heterocycles. The van der Waals surface area contributed by atoms with Crippen molar-refractivity contribution in [2.45, 2.75) is 30.7 Å². The summed E-state index contributed by atoms with van der Waals surface area (Å²) in [5, 5.41) is 9.12. The molecular weight excluding hydrogens is 202 g/mol. The number of nitrogens with two attached hydrogens (primary N) is 1. The van der Waals surface area contributed by atoms with Crippen LogP contribution in [0.1, 0.15) is 24.1 Å². The van der Waals surface area contributed by atoms with Crippen molar-refractivity contribution in [3.63, 3.8) is 0 Å². The van der Waals surface area contributed by atoms with Gasteiger partial charge in [0, 0.05) is 18.3 Å². The first-order chi connectivity index (χ1) is 6.50. The molecule has 0 aliphatic heterocycles. The third kappa shape index (κ3) is 1.44. The van der Waals surface area contributed by atoms with E-state index in [9.17, 15) is 8.42 Å². The van der Waals surface area contributed by atoms with Crippen LogP contribution in [-0.4, -0.2) is 18.2 Å². The fourth-order valence-electron chi connectivity index (χ4n) is 1.96. The standard InChI is InChI=1S/C8H13N3O2S/c1-11-7-5-3-2-4-6(7)8(10-11)14(9,12)13/h2-5H2,1H3,(H2,9,12,13). The molecule has 14 heavy (non-hydrogen) atoms. The maximum Gasteiger partial charge on any atom is 0.257 e.